The minimum Gasteiger partial charge on any atom is -0.457 e. The van der Waals surface area contributed by atoms with Crippen LogP contribution in [0.4, 0.5) is 11.6 Å². The summed E-state index contributed by atoms with van der Waals surface area (Å²) in [5.41, 5.74) is 8.56. The van der Waals surface area contributed by atoms with Crippen LogP contribution in [0.15, 0.2) is 60.9 Å². The SMILES string of the molecule is Nc1ncnc2c1C(c1ccc(Oc3ccccc3)cc1)CN2C1CCCNC1. The smallest absolute Gasteiger partial charge is 0.138 e. The van der Waals surface area contributed by atoms with Crippen LogP contribution < -0.4 is 20.7 Å². The van der Waals surface area contributed by atoms with E-state index in [2.05, 4.69) is 32.3 Å². The van der Waals surface area contributed by atoms with Gasteiger partial charge in [0.2, 0.25) is 0 Å². The Balaban J connectivity index is 1.42. The van der Waals surface area contributed by atoms with Crippen LogP contribution in [0.3, 0.4) is 0 Å². The molecule has 6 heteroatoms. The zero-order chi connectivity index (χ0) is 19.6. The fraction of sp³-hybridized carbons (Fsp3) is 0.304. The zero-order valence-corrected chi connectivity index (χ0v) is 16.3. The molecule has 29 heavy (non-hydrogen) atoms. The van der Waals surface area contributed by atoms with Crippen molar-refractivity contribution in [2.75, 3.05) is 30.3 Å². The lowest BCUT2D eigenvalue weighted by Gasteiger charge is -2.33. The molecular formula is C23H25N5O. The molecule has 0 saturated carbocycles. The number of nitrogens with zero attached hydrogens (tertiary/aromatic N) is 3. The molecule has 148 valence electrons. The number of nitrogens with two attached hydrogens (primary N) is 1. The Morgan fingerprint density at radius 3 is 2.55 bits per heavy atom. The zero-order valence-electron chi connectivity index (χ0n) is 16.3. The topological polar surface area (TPSA) is 76.3 Å². The molecule has 0 bridgehead atoms. The highest BCUT2D eigenvalue weighted by Gasteiger charge is 2.37. The quantitative estimate of drug-likeness (QED) is 0.713. The van der Waals surface area contributed by atoms with Crippen molar-refractivity contribution in [1.82, 2.24) is 15.3 Å². The van der Waals surface area contributed by atoms with E-state index in [0.717, 1.165) is 42.5 Å². The van der Waals surface area contributed by atoms with E-state index in [1.54, 1.807) is 6.33 Å². The average molecular weight is 387 g/mol. The number of fused-ring (bicyclic) bond motifs is 1. The summed E-state index contributed by atoms with van der Waals surface area (Å²) in [7, 11) is 0. The first-order chi connectivity index (χ1) is 14.3. The fourth-order valence-electron chi connectivity index (χ4n) is 4.42. The molecule has 0 amide bonds. The van der Waals surface area contributed by atoms with E-state index >= 15 is 0 Å². The van der Waals surface area contributed by atoms with Crippen molar-refractivity contribution < 1.29 is 4.74 Å². The Hall–Kier alpha value is -3.12. The van der Waals surface area contributed by atoms with E-state index < -0.39 is 0 Å². The van der Waals surface area contributed by atoms with Crippen molar-refractivity contribution in [2.45, 2.75) is 24.8 Å². The minimum atomic E-state index is 0.166. The van der Waals surface area contributed by atoms with Crippen molar-refractivity contribution in [3.05, 3.63) is 72.1 Å². The highest BCUT2D eigenvalue weighted by atomic mass is 16.5. The second-order valence-electron chi connectivity index (χ2n) is 7.69. The molecule has 1 aromatic heterocycles. The van der Waals surface area contributed by atoms with Gasteiger partial charge in [-0.3, -0.25) is 0 Å². The second kappa shape index (κ2) is 7.72. The third-order valence-electron chi connectivity index (χ3n) is 5.87. The Morgan fingerprint density at radius 1 is 1.00 bits per heavy atom. The number of hydrogen-bond donors (Lipinski definition) is 2. The van der Waals surface area contributed by atoms with Crippen LogP contribution in [0.5, 0.6) is 11.5 Å². The summed E-state index contributed by atoms with van der Waals surface area (Å²) < 4.78 is 5.94. The highest BCUT2D eigenvalue weighted by molar-refractivity contribution is 5.66. The van der Waals surface area contributed by atoms with Crippen LogP contribution in [0, 0.1) is 0 Å². The standard InChI is InChI=1S/C23H25N5O/c24-22-21-20(14-28(23(21)27-15-26-22)17-5-4-12-25-13-17)16-8-10-19(11-9-16)29-18-6-2-1-3-7-18/h1-3,6-11,15,17,20,25H,4-5,12-14H2,(H2,24,26,27). The lowest BCUT2D eigenvalue weighted by molar-refractivity contribution is 0.433. The molecule has 0 spiro atoms. The van der Waals surface area contributed by atoms with Gasteiger partial charge in [-0.1, -0.05) is 30.3 Å². The van der Waals surface area contributed by atoms with E-state index in [9.17, 15) is 0 Å². The Bertz CT molecular complexity index is 970. The number of piperidine rings is 1. The van der Waals surface area contributed by atoms with E-state index in [1.807, 2.05) is 42.5 Å². The molecule has 0 aliphatic carbocycles. The molecule has 2 aromatic carbocycles. The highest BCUT2D eigenvalue weighted by Crippen LogP contribution is 2.43. The molecule has 2 aliphatic rings. The van der Waals surface area contributed by atoms with Gasteiger partial charge >= 0.3 is 0 Å². The molecule has 2 unspecified atom stereocenters. The van der Waals surface area contributed by atoms with E-state index in [0.29, 0.717) is 11.9 Å². The van der Waals surface area contributed by atoms with Gasteiger partial charge in [0, 0.05) is 30.6 Å². The number of benzene rings is 2. The van der Waals surface area contributed by atoms with Gasteiger partial charge in [0.25, 0.3) is 0 Å². The lowest BCUT2D eigenvalue weighted by Crippen LogP contribution is -2.46. The van der Waals surface area contributed by atoms with E-state index in [4.69, 9.17) is 10.5 Å². The summed E-state index contributed by atoms with van der Waals surface area (Å²) in [5.74, 6) is 3.39. The number of ether oxygens (including phenoxy) is 1. The Morgan fingerprint density at radius 2 is 1.79 bits per heavy atom. The molecular weight excluding hydrogens is 362 g/mol. The second-order valence-corrected chi connectivity index (χ2v) is 7.69. The van der Waals surface area contributed by atoms with Gasteiger partial charge < -0.3 is 20.7 Å². The maximum Gasteiger partial charge on any atom is 0.138 e. The minimum absolute atomic E-state index is 0.166. The summed E-state index contributed by atoms with van der Waals surface area (Å²) in [4.78, 5) is 11.3. The molecule has 3 aromatic rings. The van der Waals surface area contributed by atoms with E-state index in [1.165, 1.54) is 18.4 Å². The summed E-state index contributed by atoms with van der Waals surface area (Å²) in [6.45, 7) is 2.96. The number of nitrogens with one attached hydrogen (secondary N) is 1. The first-order valence-corrected chi connectivity index (χ1v) is 10.2. The average Bonchev–Trinajstić information content (AvgIpc) is 3.17. The van der Waals surface area contributed by atoms with Crippen LogP contribution in [0.25, 0.3) is 0 Å². The monoisotopic (exact) mass is 387 g/mol. The van der Waals surface area contributed by atoms with Crippen LogP contribution in [0.2, 0.25) is 0 Å². The molecule has 5 rings (SSSR count). The molecule has 2 aliphatic heterocycles. The van der Waals surface area contributed by atoms with Crippen molar-refractivity contribution in [1.29, 1.82) is 0 Å². The van der Waals surface area contributed by atoms with Crippen LogP contribution in [0.1, 0.15) is 29.9 Å². The summed E-state index contributed by atoms with van der Waals surface area (Å²) in [6.07, 6.45) is 3.94. The third kappa shape index (κ3) is 3.51. The van der Waals surface area contributed by atoms with Crippen LogP contribution in [-0.2, 0) is 0 Å². The third-order valence-corrected chi connectivity index (χ3v) is 5.87. The first-order valence-electron chi connectivity index (χ1n) is 10.2. The van der Waals surface area contributed by atoms with Crippen molar-refractivity contribution >= 4 is 11.6 Å². The van der Waals surface area contributed by atoms with Crippen molar-refractivity contribution in [3.63, 3.8) is 0 Å². The normalized spacial score (nSPS) is 21.0. The number of aromatic nitrogens is 2. The van der Waals surface area contributed by atoms with Gasteiger partial charge in [-0.05, 0) is 49.2 Å². The van der Waals surface area contributed by atoms with Gasteiger partial charge in [-0.2, -0.15) is 0 Å². The maximum absolute atomic E-state index is 6.31. The predicted molar refractivity (Wildman–Crippen MR) is 114 cm³/mol. The lowest BCUT2D eigenvalue weighted by atomic mass is 9.94. The van der Waals surface area contributed by atoms with Crippen LogP contribution >= 0.6 is 0 Å². The number of nitrogen functional groups attached to an aromatic ring is 1. The fourth-order valence-corrected chi connectivity index (χ4v) is 4.42. The molecule has 1 saturated heterocycles. The van der Waals surface area contributed by atoms with Gasteiger partial charge in [0.05, 0.1) is 0 Å². The van der Waals surface area contributed by atoms with Gasteiger partial charge in [-0.25, -0.2) is 9.97 Å². The molecule has 2 atom stereocenters. The van der Waals surface area contributed by atoms with Crippen molar-refractivity contribution in [2.24, 2.45) is 0 Å². The number of hydrogen-bond acceptors (Lipinski definition) is 6. The maximum atomic E-state index is 6.31. The Kier molecular flexibility index (Phi) is 4.77. The summed E-state index contributed by atoms with van der Waals surface area (Å²) >= 11 is 0. The number of anilines is 2. The van der Waals surface area contributed by atoms with Gasteiger partial charge in [-0.15, -0.1) is 0 Å². The molecule has 3 N–H and O–H groups in total. The largest absolute Gasteiger partial charge is 0.457 e. The van der Waals surface area contributed by atoms with Crippen molar-refractivity contribution in [3.8, 4) is 11.5 Å². The van der Waals surface area contributed by atoms with E-state index in [-0.39, 0.29) is 5.92 Å². The molecule has 6 nitrogen and oxygen atoms in total. The van der Waals surface area contributed by atoms with Gasteiger partial charge in [0.1, 0.15) is 29.5 Å². The molecule has 3 heterocycles. The Labute approximate surface area is 170 Å². The van der Waals surface area contributed by atoms with Crippen LogP contribution in [-0.4, -0.2) is 35.6 Å². The molecule has 0 radical (unpaired) electrons. The first kappa shape index (κ1) is 17.9. The predicted octanol–water partition coefficient (Wildman–Crippen LogP) is 3.56. The van der Waals surface area contributed by atoms with Gasteiger partial charge in [0.15, 0.2) is 0 Å². The number of rotatable bonds is 4. The molecule has 1 fully saturated rings. The summed E-state index contributed by atoms with van der Waals surface area (Å²) in [5, 5.41) is 3.51. The summed E-state index contributed by atoms with van der Waals surface area (Å²) in [6, 6.07) is 18.6. The number of para-hydroxylation sites is 1.